The van der Waals surface area contributed by atoms with Gasteiger partial charge < -0.3 is 9.52 Å². The third-order valence-corrected chi connectivity index (χ3v) is 4.84. The maximum Gasteiger partial charge on any atom is 0.143 e. The average Bonchev–Trinajstić information content (AvgIpc) is 3.01. The van der Waals surface area contributed by atoms with Gasteiger partial charge in [-0.2, -0.15) is 0 Å². The van der Waals surface area contributed by atoms with Crippen molar-refractivity contribution in [1.82, 2.24) is 0 Å². The summed E-state index contributed by atoms with van der Waals surface area (Å²) >= 11 is 0. The molecular weight excluding hydrogens is 296 g/mol. The van der Waals surface area contributed by atoms with Gasteiger partial charge in [0.15, 0.2) is 0 Å². The molecule has 0 bridgehead atoms. The molecule has 2 heteroatoms. The van der Waals surface area contributed by atoms with Crippen LogP contribution in [0.15, 0.2) is 71.1 Å². The molecule has 5 aromatic rings. The summed E-state index contributed by atoms with van der Waals surface area (Å²) in [5.41, 5.74) is 2.96. The van der Waals surface area contributed by atoms with Crippen LogP contribution in [0.4, 0.5) is 0 Å². The number of aliphatic hydroxyl groups excluding tert-OH is 1. The lowest BCUT2D eigenvalue weighted by molar-refractivity contribution is 0.300. The summed E-state index contributed by atoms with van der Waals surface area (Å²) < 4.78 is 6.28. The molecule has 0 aliphatic heterocycles. The molecule has 0 amide bonds. The Kier molecular flexibility index (Phi) is 2.88. The van der Waals surface area contributed by atoms with Gasteiger partial charge in [-0.05, 0) is 40.3 Å². The first-order valence-corrected chi connectivity index (χ1v) is 8.22. The normalized spacial score (nSPS) is 11.9. The molecule has 1 heterocycles. The van der Waals surface area contributed by atoms with Crippen molar-refractivity contribution in [2.75, 3.05) is 6.61 Å². The standard InChI is InChI=1S/C22H16O2/c23-12-11-15-13-20-21(18-8-4-3-6-16(15)18)19-10-9-14-5-1-2-7-17(14)22(19)24-20/h1-10,13,23H,11-12H2. The Morgan fingerprint density at radius 1 is 0.750 bits per heavy atom. The first-order chi connectivity index (χ1) is 11.9. The van der Waals surface area contributed by atoms with Gasteiger partial charge in [-0.25, -0.2) is 0 Å². The Balaban J connectivity index is 2.02. The Hall–Kier alpha value is -2.84. The molecule has 5 rings (SSSR count). The molecular formula is C22H16O2. The zero-order valence-electron chi connectivity index (χ0n) is 13.1. The fourth-order valence-electron chi connectivity index (χ4n) is 3.77. The molecule has 0 aliphatic rings. The van der Waals surface area contributed by atoms with Gasteiger partial charge in [0, 0.05) is 22.8 Å². The Morgan fingerprint density at radius 2 is 1.50 bits per heavy atom. The van der Waals surface area contributed by atoms with E-state index in [4.69, 9.17) is 4.42 Å². The van der Waals surface area contributed by atoms with Crippen LogP contribution in [0.5, 0.6) is 0 Å². The summed E-state index contributed by atoms with van der Waals surface area (Å²) in [6.07, 6.45) is 0.633. The van der Waals surface area contributed by atoms with E-state index in [2.05, 4.69) is 48.5 Å². The molecule has 2 nitrogen and oxygen atoms in total. The molecule has 0 fully saturated rings. The van der Waals surface area contributed by atoms with Gasteiger partial charge in [-0.15, -0.1) is 0 Å². The SMILES string of the molecule is OCCc1cc2oc3c4ccccc4ccc3c2c2ccccc12. The Bertz CT molecular complexity index is 1210. The summed E-state index contributed by atoms with van der Waals surface area (Å²) in [5.74, 6) is 0. The fourth-order valence-corrected chi connectivity index (χ4v) is 3.77. The van der Waals surface area contributed by atoms with Crippen molar-refractivity contribution in [2.45, 2.75) is 6.42 Å². The highest BCUT2D eigenvalue weighted by atomic mass is 16.3. The van der Waals surface area contributed by atoms with Crippen molar-refractivity contribution < 1.29 is 9.52 Å². The summed E-state index contributed by atoms with van der Waals surface area (Å²) in [5, 5.41) is 16.4. The van der Waals surface area contributed by atoms with E-state index in [9.17, 15) is 5.11 Å². The highest BCUT2D eigenvalue weighted by Gasteiger charge is 2.15. The monoisotopic (exact) mass is 312 g/mol. The number of benzene rings is 4. The van der Waals surface area contributed by atoms with Crippen LogP contribution in [-0.4, -0.2) is 11.7 Å². The Labute approximate surface area is 138 Å². The van der Waals surface area contributed by atoms with Gasteiger partial charge in [0.05, 0.1) is 0 Å². The van der Waals surface area contributed by atoms with Crippen LogP contribution in [-0.2, 0) is 6.42 Å². The number of aliphatic hydroxyl groups is 1. The first kappa shape index (κ1) is 13.6. The molecule has 1 aromatic heterocycles. The van der Waals surface area contributed by atoms with E-state index in [1.54, 1.807) is 0 Å². The maximum absolute atomic E-state index is 9.40. The third kappa shape index (κ3) is 1.81. The predicted molar refractivity (Wildman–Crippen MR) is 99.5 cm³/mol. The lowest BCUT2D eigenvalue weighted by atomic mass is 9.97. The highest BCUT2D eigenvalue weighted by Crippen LogP contribution is 2.39. The van der Waals surface area contributed by atoms with Gasteiger partial charge in [0.25, 0.3) is 0 Å². The van der Waals surface area contributed by atoms with Crippen LogP contribution >= 0.6 is 0 Å². The number of fused-ring (bicyclic) bond motifs is 7. The molecule has 0 aliphatic carbocycles. The minimum absolute atomic E-state index is 0.138. The molecule has 0 atom stereocenters. The van der Waals surface area contributed by atoms with Crippen LogP contribution in [0, 0.1) is 0 Å². The van der Waals surface area contributed by atoms with Crippen LogP contribution in [0.25, 0.3) is 43.5 Å². The topological polar surface area (TPSA) is 33.4 Å². The lowest BCUT2D eigenvalue weighted by Crippen LogP contribution is -1.92. The van der Waals surface area contributed by atoms with E-state index < -0.39 is 0 Å². The molecule has 24 heavy (non-hydrogen) atoms. The van der Waals surface area contributed by atoms with Crippen LogP contribution in [0.3, 0.4) is 0 Å². The van der Waals surface area contributed by atoms with Crippen LogP contribution in [0.1, 0.15) is 5.56 Å². The van der Waals surface area contributed by atoms with Gasteiger partial charge >= 0.3 is 0 Å². The molecule has 0 unspecified atom stereocenters. The summed E-state index contributed by atoms with van der Waals surface area (Å²) in [7, 11) is 0. The highest BCUT2D eigenvalue weighted by molar-refractivity contribution is 6.23. The molecule has 1 N–H and O–H groups in total. The van der Waals surface area contributed by atoms with E-state index in [-0.39, 0.29) is 6.61 Å². The van der Waals surface area contributed by atoms with Crippen molar-refractivity contribution >= 4 is 43.5 Å². The van der Waals surface area contributed by atoms with Gasteiger partial charge in [-0.3, -0.25) is 0 Å². The zero-order chi connectivity index (χ0) is 16.1. The van der Waals surface area contributed by atoms with Crippen molar-refractivity contribution in [3.63, 3.8) is 0 Å². The number of rotatable bonds is 2. The third-order valence-electron chi connectivity index (χ3n) is 4.84. The van der Waals surface area contributed by atoms with E-state index in [0.29, 0.717) is 6.42 Å². The molecule has 116 valence electrons. The van der Waals surface area contributed by atoms with E-state index in [1.807, 2.05) is 18.2 Å². The zero-order valence-corrected chi connectivity index (χ0v) is 13.1. The van der Waals surface area contributed by atoms with Crippen molar-refractivity contribution in [2.24, 2.45) is 0 Å². The van der Waals surface area contributed by atoms with Gasteiger partial charge in [-0.1, -0.05) is 54.6 Å². The molecule has 0 saturated heterocycles. The van der Waals surface area contributed by atoms with Gasteiger partial charge in [0.2, 0.25) is 0 Å². The second-order valence-electron chi connectivity index (χ2n) is 6.19. The molecule has 0 spiro atoms. The molecule has 4 aromatic carbocycles. The quantitative estimate of drug-likeness (QED) is 0.471. The molecule has 0 saturated carbocycles. The minimum atomic E-state index is 0.138. The summed E-state index contributed by atoms with van der Waals surface area (Å²) in [6.45, 7) is 0.138. The largest absolute Gasteiger partial charge is 0.455 e. The summed E-state index contributed by atoms with van der Waals surface area (Å²) in [4.78, 5) is 0. The molecule has 0 radical (unpaired) electrons. The average molecular weight is 312 g/mol. The maximum atomic E-state index is 9.40. The first-order valence-electron chi connectivity index (χ1n) is 8.22. The Morgan fingerprint density at radius 3 is 2.33 bits per heavy atom. The van der Waals surface area contributed by atoms with Gasteiger partial charge in [0.1, 0.15) is 11.2 Å². The number of hydrogen-bond donors (Lipinski definition) is 1. The van der Waals surface area contributed by atoms with E-state index >= 15 is 0 Å². The number of hydrogen-bond acceptors (Lipinski definition) is 2. The van der Waals surface area contributed by atoms with Crippen LogP contribution < -0.4 is 0 Å². The predicted octanol–water partition coefficient (Wildman–Crippen LogP) is 5.43. The summed E-state index contributed by atoms with van der Waals surface area (Å²) in [6, 6.07) is 23.1. The lowest BCUT2D eigenvalue weighted by Gasteiger charge is -2.06. The number of furan rings is 1. The van der Waals surface area contributed by atoms with Crippen molar-refractivity contribution in [1.29, 1.82) is 0 Å². The van der Waals surface area contributed by atoms with Crippen molar-refractivity contribution in [3.05, 3.63) is 72.3 Å². The smallest absolute Gasteiger partial charge is 0.143 e. The van der Waals surface area contributed by atoms with Crippen molar-refractivity contribution in [3.8, 4) is 0 Å². The van der Waals surface area contributed by atoms with E-state index in [1.165, 1.54) is 16.2 Å². The minimum Gasteiger partial charge on any atom is -0.455 e. The second kappa shape index (κ2) is 5.08. The van der Waals surface area contributed by atoms with E-state index in [0.717, 1.165) is 32.9 Å². The fraction of sp³-hybridized carbons (Fsp3) is 0.0909. The van der Waals surface area contributed by atoms with Crippen LogP contribution in [0.2, 0.25) is 0 Å². The second-order valence-corrected chi connectivity index (χ2v) is 6.19.